The van der Waals surface area contributed by atoms with Gasteiger partial charge in [0, 0.05) is 90.3 Å². The molecule has 0 radical (unpaired) electrons. The Labute approximate surface area is 350 Å². The highest BCUT2D eigenvalue weighted by molar-refractivity contribution is 7.17. The van der Waals surface area contributed by atoms with Crippen molar-refractivity contribution in [3.05, 3.63) is 78.3 Å². The van der Waals surface area contributed by atoms with Crippen molar-refractivity contribution in [3.8, 4) is 22.3 Å². The molecule has 0 amide bonds. The van der Waals surface area contributed by atoms with Crippen LogP contribution < -0.4 is 15.1 Å². The number of likely N-dealkylation sites (tertiary alicyclic amines) is 1. The van der Waals surface area contributed by atoms with Gasteiger partial charge in [0.25, 0.3) is 0 Å². The second-order valence-electron chi connectivity index (χ2n) is 17.0. The van der Waals surface area contributed by atoms with E-state index in [9.17, 15) is 0 Å². The molecule has 58 heavy (non-hydrogen) atoms. The smallest absolute Gasteiger partial charge is 0.141 e. The van der Waals surface area contributed by atoms with E-state index in [4.69, 9.17) is 14.7 Å². The van der Waals surface area contributed by atoms with Crippen LogP contribution in [0.15, 0.2) is 78.3 Å². The highest BCUT2D eigenvalue weighted by Crippen LogP contribution is 2.45. The number of benzene rings is 1. The minimum Gasteiger partial charge on any atom is -0.380 e. The number of ether oxygens (including phenoxy) is 1. The fraction of sp³-hybridized carbons (Fsp3) is 0.500. The summed E-state index contributed by atoms with van der Waals surface area (Å²) in [6, 6.07) is 17.5. The van der Waals surface area contributed by atoms with Gasteiger partial charge in [0.15, 0.2) is 0 Å². The molecule has 0 spiro atoms. The van der Waals surface area contributed by atoms with Crippen molar-refractivity contribution < 1.29 is 4.74 Å². The summed E-state index contributed by atoms with van der Waals surface area (Å²) in [5, 5.41) is 10.8. The molecule has 1 aromatic carbocycles. The van der Waals surface area contributed by atoms with Crippen LogP contribution in [0.2, 0.25) is 0 Å². The van der Waals surface area contributed by atoms with Crippen LogP contribution in [0.5, 0.6) is 0 Å². The third-order valence-electron chi connectivity index (χ3n) is 13.3. The van der Waals surface area contributed by atoms with Crippen LogP contribution in [-0.2, 0) is 4.74 Å². The molecule has 2 atom stereocenters. The zero-order valence-corrected chi connectivity index (χ0v) is 35.1. The standard InChI is InChI=1S/C23H29N5OS.C23H26N4S/c1-2-9-27(8-1)12-13-29-15-18-5-10-28(11-6-18)22-21-20(19-4-3-7-24-14-19)16-30-23(21)26-17-25-22;1-2-5-15(6-3-1)20-13-28-23-21(20)22(24-14-25-23)27-18-9-10-19(27)12-17(11-18)26-16-7-4-8-16/h3-4,7,14,16-18H,1-2,5-6,8-13,15H2;1-3,5-6,13-14,16-19,26H,4,7-12H2. The molecule has 302 valence electrons. The molecule has 4 aliphatic heterocycles. The Kier molecular flexibility index (Phi) is 11.6. The number of nitrogens with zero attached hydrogens (tertiary/aromatic N) is 8. The number of hydrogen-bond acceptors (Lipinski definition) is 12. The lowest BCUT2D eigenvalue weighted by Gasteiger charge is -2.42. The third kappa shape index (κ3) is 8.10. The van der Waals surface area contributed by atoms with Crippen molar-refractivity contribution in [2.24, 2.45) is 5.92 Å². The maximum atomic E-state index is 6.02. The monoisotopic (exact) mass is 813 g/mol. The van der Waals surface area contributed by atoms with Gasteiger partial charge in [-0.15, -0.1) is 22.7 Å². The summed E-state index contributed by atoms with van der Waals surface area (Å²) in [6.07, 6.45) is 21.5. The van der Waals surface area contributed by atoms with Crippen LogP contribution in [-0.4, -0.2) is 99.9 Å². The van der Waals surface area contributed by atoms with Gasteiger partial charge in [0.1, 0.15) is 34.0 Å². The van der Waals surface area contributed by atoms with Gasteiger partial charge in [-0.2, -0.15) is 0 Å². The molecule has 5 fully saturated rings. The third-order valence-corrected chi connectivity index (χ3v) is 15.1. The van der Waals surface area contributed by atoms with Gasteiger partial charge in [-0.25, -0.2) is 19.9 Å². The first-order valence-corrected chi connectivity index (χ1v) is 23.5. The molecule has 1 aliphatic carbocycles. The predicted molar refractivity (Wildman–Crippen MR) is 238 cm³/mol. The molecule has 11 rings (SSSR count). The summed E-state index contributed by atoms with van der Waals surface area (Å²) in [7, 11) is 0. The second-order valence-corrected chi connectivity index (χ2v) is 18.7. The van der Waals surface area contributed by atoms with Crippen LogP contribution >= 0.6 is 22.7 Å². The van der Waals surface area contributed by atoms with Crippen molar-refractivity contribution in [2.45, 2.75) is 94.8 Å². The molecule has 2 unspecified atom stereocenters. The largest absolute Gasteiger partial charge is 0.380 e. The maximum absolute atomic E-state index is 6.02. The molecule has 10 nitrogen and oxygen atoms in total. The number of fused-ring (bicyclic) bond motifs is 4. The zero-order valence-electron chi connectivity index (χ0n) is 33.4. The van der Waals surface area contributed by atoms with Crippen molar-refractivity contribution in [1.82, 2.24) is 35.1 Å². The van der Waals surface area contributed by atoms with Crippen LogP contribution in [0.1, 0.15) is 70.6 Å². The molecule has 1 N–H and O–H groups in total. The summed E-state index contributed by atoms with van der Waals surface area (Å²) in [4.78, 5) is 32.7. The van der Waals surface area contributed by atoms with E-state index >= 15 is 0 Å². The van der Waals surface area contributed by atoms with E-state index in [1.165, 1.54) is 98.8 Å². The van der Waals surface area contributed by atoms with Gasteiger partial charge < -0.3 is 24.8 Å². The lowest BCUT2D eigenvalue weighted by Crippen LogP contribution is -2.52. The van der Waals surface area contributed by atoms with E-state index in [0.29, 0.717) is 24.0 Å². The van der Waals surface area contributed by atoms with Crippen LogP contribution in [0.4, 0.5) is 11.6 Å². The van der Waals surface area contributed by atoms with Crippen LogP contribution in [0.3, 0.4) is 0 Å². The summed E-state index contributed by atoms with van der Waals surface area (Å²) < 4.78 is 6.02. The van der Waals surface area contributed by atoms with E-state index in [1.54, 1.807) is 35.3 Å². The number of anilines is 2. The summed E-state index contributed by atoms with van der Waals surface area (Å²) in [5.74, 6) is 2.88. The van der Waals surface area contributed by atoms with Crippen molar-refractivity contribution in [3.63, 3.8) is 0 Å². The average molecular weight is 814 g/mol. The normalized spacial score (nSPS) is 22.7. The number of thiophene rings is 2. The molecule has 6 aromatic rings. The number of pyridine rings is 1. The first kappa shape index (κ1) is 38.2. The highest BCUT2D eigenvalue weighted by Gasteiger charge is 2.43. The second kappa shape index (κ2) is 17.6. The number of aromatic nitrogens is 5. The Bertz CT molecular complexity index is 2240. The first-order valence-electron chi connectivity index (χ1n) is 21.7. The molecular weight excluding hydrogens is 759 g/mol. The van der Waals surface area contributed by atoms with Gasteiger partial charge >= 0.3 is 0 Å². The van der Waals surface area contributed by atoms with E-state index < -0.39 is 0 Å². The Morgan fingerprint density at radius 1 is 0.672 bits per heavy atom. The molecule has 5 aliphatic rings. The Morgan fingerprint density at radius 2 is 1.34 bits per heavy atom. The zero-order chi connectivity index (χ0) is 38.7. The number of nitrogens with one attached hydrogen (secondary N) is 1. The number of hydrogen-bond donors (Lipinski definition) is 1. The van der Waals surface area contributed by atoms with E-state index in [0.717, 1.165) is 78.2 Å². The van der Waals surface area contributed by atoms with Crippen molar-refractivity contribution >= 4 is 54.7 Å². The van der Waals surface area contributed by atoms with E-state index in [1.807, 2.05) is 18.5 Å². The van der Waals surface area contributed by atoms with Gasteiger partial charge in [0.2, 0.25) is 0 Å². The molecule has 1 saturated carbocycles. The Morgan fingerprint density at radius 3 is 2.02 bits per heavy atom. The van der Waals surface area contributed by atoms with Crippen molar-refractivity contribution in [1.29, 1.82) is 0 Å². The maximum Gasteiger partial charge on any atom is 0.141 e. The van der Waals surface area contributed by atoms with Crippen LogP contribution in [0.25, 0.3) is 42.7 Å². The average Bonchev–Trinajstić information content (AvgIpc) is 4.08. The fourth-order valence-corrected chi connectivity index (χ4v) is 11.9. The summed E-state index contributed by atoms with van der Waals surface area (Å²) >= 11 is 3.42. The van der Waals surface area contributed by atoms with E-state index in [2.05, 4.69) is 82.1 Å². The lowest BCUT2D eigenvalue weighted by molar-refractivity contribution is 0.0753. The van der Waals surface area contributed by atoms with Crippen LogP contribution in [0, 0.1) is 5.92 Å². The first-order chi connectivity index (χ1) is 28.7. The lowest BCUT2D eigenvalue weighted by atomic mass is 9.89. The number of rotatable bonds is 11. The Balaban J connectivity index is 0.000000141. The molecular formula is C46H55N9OS2. The minimum absolute atomic E-state index is 0.609. The summed E-state index contributed by atoms with van der Waals surface area (Å²) in [5.41, 5.74) is 4.86. The molecule has 9 heterocycles. The van der Waals surface area contributed by atoms with E-state index in [-0.39, 0.29) is 0 Å². The quantitative estimate of drug-likeness (QED) is 0.128. The van der Waals surface area contributed by atoms with Gasteiger partial charge in [-0.1, -0.05) is 42.8 Å². The molecule has 2 bridgehead atoms. The topological polar surface area (TPSA) is 95.4 Å². The fourth-order valence-electron chi connectivity index (χ4n) is 10.0. The molecule has 5 aromatic heterocycles. The van der Waals surface area contributed by atoms with Crippen molar-refractivity contribution in [2.75, 3.05) is 55.7 Å². The van der Waals surface area contributed by atoms with Gasteiger partial charge in [0.05, 0.1) is 17.4 Å². The molecule has 4 saturated heterocycles. The number of piperidine rings is 2. The summed E-state index contributed by atoms with van der Waals surface area (Å²) in [6.45, 7) is 7.39. The predicted octanol–water partition coefficient (Wildman–Crippen LogP) is 9.08. The Hall–Kier alpha value is -4.07. The minimum atomic E-state index is 0.609. The highest BCUT2D eigenvalue weighted by atomic mass is 32.1. The van der Waals surface area contributed by atoms with Gasteiger partial charge in [-0.05, 0) is 94.8 Å². The molecule has 12 heteroatoms. The SMILES string of the molecule is c1ccc(-c2csc3ncnc(N4C5CCC4CC(NC4CCC4)C5)c23)cc1.c1cncc(-c2csc3ncnc(N4CCC(COCCN5CCCC5)CC4)c23)c1. The van der Waals surface area contributed by atoms with Gasteiger partial charge in [-0.3, -0.25) is 4.98 Å².